The van der Waals surface area contributed by atoms with Crippen molar-refractivity contribution < 1.29 is 5.11 Å². The first-order valence-electron chi connectivity index (χ1n) is 10.7. The molecule has 2 aliphatic rings. The van der Waals surface area contributed by atoms with Gasteiger partial charge in [0.1, 0.15) is 5.75 Å². The number of phenolic OH excluding ortho intramolecular Hbond substituents is 1. The summed E-state index contributed by atoms with van der Waals surface area (Å²) < 4.78 is 1.75. The zero-order chi connectivity index (χ0) is 20.7. The summed E-state index contributed by atoms with van der Waals surface area (Å²) in [4.78, 5) is 2.27. The second kappa shape index (κ2) is 7.72. The summed E-state index contributed by atoms with van der Waals surface area (Å²) in [5, 5.41) is 27.4. The highest BCUT2D eigenvalue weighted by Gasteiger charge is 2.33. The quantitative estimate of drug-likeness (QED) is 0.694. The average molecular weight is 405 g/mol. The molecule has 0 spiro atoms. The molecule has 30 heavy (non-hydrogen) atoms. The molecule has 5 rings (SSSR count). The minimum Gasteiger partial charge on any atom is -0.507 e. The maximum absolute atomic E-state index is 10.6. The minimum atomic E-state index is 0.193. The number of hydrogen-bond acceptors (Lipinski definition) is 6. The van der Waals surface area contributed by atoms with Crippen molar-refractivity contribution in [2.75, 3.05) is 11.9 Å². The molecule has 2 bridgehead atoms. The van der Waals surface area contributed by atoms with Crippen LogP contribution in [0.5, 0.6) is 5.75 Å². The molecule has 2 fully saturated rings. The van der Waals surface area contributed by atoms with Crippen molar-refractivity contribution in [3.05, 3.63) is 42.7 Å². The molecular formula is C23H28N6O. The molecule has 156 valence electrons. The topological polar surface area (TPSA) is 79.1 Å². The highest BCUT2D eigenvalue weighted by Crippen LogP contribution is 2.33. The van der Waals surface area contributed by atoms with Crippen LogP contribution in [-0.4, -0.2) is 50.3 Å². The number of rotatable bonds is 4. The number of benzene rings is 1. The summed E-state index contributed by atoms with van der Waals surface area (Å²) in [6.07, 6.45) is 9.93. The molecular weight excluding hydrogens is 376 g/mol. The summed E-state index contributed by atoms with van der Waals surface area (Å²) >= 11 is 0. The Morgan fingerprint density at radius 3 is 2.50 bits per heavy atom. The van der Waals surface area contributed by atoms with Gasteiger partial charge in [-0.3, -0.25) is 4.68 Å². The van der Waals surface area contributed by atoms with Crippen LogP contribution < -0.4 is 10.2 Å². The number of aryl methyl sites for hydroxylation is 1. The number of piperidine rings is 2. The lowest BCUT2D eigenvalue weighted by Gasteiger charge is -2.43. The summed E-state index contributed by atoms with van der Waals surface area (Å²) in [7, 11) is 4.00. The molecule has 2 N–H and O–H groups in total. The van der Waals surface area contributed by atoms with E-state index in [9.17, 15) is 5.11 Å². The van der Waals surface area contributed by atoms with Gasteiger partial charge in [-0.1, -0.05) is 12.5 Å². The molecule has 3 aromatic rings. The summed E-state index contributed by atoms with van der Waals surface area (Å²) in [5.74, 6) is 1.08. The van der Waals surface area contributed by atoms with E-state index >= 15 is 0 Å². The van der Waals surface area contributed by atoms with Crippen molar-refractivity contribution in [3.63, 3.8) is 0 Å². The van der Waals surface area contributed by atoms with E-state index in [1.54, 1.807) is 16.9 Å². The Hall–Kier alpha value is -2.93. The first-order chi connectivity index (χ1) is 14.6. The maximum atomic E-state index is 10.6. The summed E-state index contributed by atoms with van der Waals surface area (Å²) in [5.41, 5.74) is 3.24. The van der Waals surface area contributed by atoms with Gasteiger partial charge in [0.15, 0.2) is 5.82 Å². The van der Waals surface area contributed by atoms with E-state index in [2.05, 4.69) is 32.6 Å². The van der Waals surface area contributed by atoms with E-state index < -0.39 is 0 Å². The lowest BCUT2D eigenvalue weighted by Crippen LogP contribution is -2.54. The number of phenols is 1. The van der Waals surface area contributed by atoms with Crippen molar-refractivity contribution in [3.8, 4) is 28.1 Å². The molecule has 7 nitrogen and oxygen atoms in total. The van der Waals surface area contributed by atoms with Gasteiger partial charge in [-0.05, 0) is 55.5 Å². The Morgan fingerprint density at radius 1 is 1.07 bits per heavy atom. The number of hydrogen-bond donors (Lipinski definition) is 2. The largest absolute Gasteiger partial charge is 0.507 e. The lowest BCUT2D eigenvalue weighted by molar-refractivity contribution is 0.219. The van der Waals surface area contributed by atoms with Crippen LogP contribution >= 0.6 is 0 Å². The molecule has 2 saturated heterocycles. The predicted octanol–water partition coefficient (Wildman–Crippen LogP) is 3.36. The third kappa shape index (κ3) is 3.65. The zero-order valence-electron chi connectivity index (χ0n) is 17.5. The molecule has 0 aliphatic carbocycles. The van der Waals surface area contributed by atoms with Gasteiger partial charge >= 0.3 is 0 Å². The third-order valence-corrected chi connectivity index (χ3v) is 6.56. The van der Waals surface area contributed by atoms with Gasteiger partial charge in [-0.2, -0.15) is 5.10 Å². The molecule has 1 unspecified atom stereocenters. The van der Waals surface area contributed by atoms with E-state index in [4.69, 9.17) is 0 Å². The van der Waals surface area contributed by atoms with Gasteiger partial charge < -0.3 is 15.3 Å². The molecule has 2 aliphatic heterocycles. The van der Waals surface area contributed by atoms with E-state index in [1.165, 1.54) is 19.3 Å². The van der Waals surface area contributed by atoms with Crippen molar-refractivity contribution in [1.82, 2.24) is 25.3 Å². The predicted molar refractivity (Wildman–Crippen MR) is 117 cm³/mol. The highest BCUT2D eigenvalue weighted by atomic mass is 16.3. The molecule has 1 aromatic carbocycles. The molecule has 2 aromatic heterocycles. The SMILES string of the molecule is CN(c1ccc(-c2ccc(-c3cnn(C)c3)cc2O)nn1)C1C[C@H]2CCC[C@@H](C1)N2. The number of aromatic hydroxyl groups is 1. The molecule has 7 heteroatoms. The Bertz CT molecular complexity index is 1020. The van der Waals surface area contributed by atoms with Gasteiger partial charge in [0, 0.05) is 49.5 Å². The van der Waals surface area contributed by atoms with E-state index in [0.717, 1.165) is 29.8 Å². The maximum Gasteiger partial charge on any atom is 0.151 e. The first kappa shape index (κ1) is 19.1. The normalized spacial score (nSPS) is 23.3. The Kier molecular flexibility index (Phi) is 4.90. The van der Waals surface area contributed by atoms with Gasteiger partial charge in [0.2, 0.25) is 0 Å². The molecule has 4 heterocycles. The second-order valence-corrected chi connectivity index (χ2v) is 8.64. The number of fused-ring (bicyclic) bond motifs is 2. The summed E-state index contributed by atoms with van der Waals surface area (Å²) in [6.45, 7) is 0. The van der Waals surface area contributed by atoms with Crippen LogP contribution in [0.3, 0.4) is 0 Å². The fourth-order valence-electron chi connectivity index (χ4n) is 4.89. The fourth-order valence-corrected chi connectivity index (χ4v) is 4.89. The number of nitrogens with zero attached hydrogens (tertiary/aromatic N) is 5. The Morgan fingerprint density at radius 2 is 1.87 bits per heavy atom. The van der Waals surface area contributed by atoms with Gasteiger partial charge in [-0.15, -0.1) is 10.2 Å². The van der Waals surface area contributed by atoms with Gasteiger partial charge in [0.05, 0.1) is 11.9 Å². The van der Waals surface area contributed by atoms with Crippen molar-refractivity contribution in [2.45, 2.75) is 50.2 Å². The standard InChI is InChI=1S/C23H28N6O/c1-28-14-16(13-24-28)15-6-7-20(22(30)10-15)21-8-9-23(27-26-21)29(2)19-11-17-4-3-5-18(12-19)25-17/h6-10,13-14,17-19,25,30H,3-5,11-12H2,1-2H3/t17-,18+,19?. The highest BCUT2D eigenvalue weighted by molar-refractivity contribution is 5.73. The van der Waals surface area contributed by atoms with E-state index in [0.29, 0.717) is 29.4 Å². The molecule has 0 amide bonds. The molecule has 0 radical (unpaired) electrons. The van der Waals surface area contributed by atoms with E-state index in [-0.39, 0.29) is 5.75 Å². The monoisotopic (exact) mass is 404 g/mol. The Balaban J connectivity index is 1.33. The van der Waals surface area contributed by atoms with Crippen molar-refractivity contribution in [1.29, 1.82) is 0 Å². The van der Waals surface area contributed by atoms with Gasteiger partial charge in [-0.25, -0.2) is 0 Å². The van der Waals surface area contributed by atoms with Crippen LogP contribution in [0.25, 0.3) is 22.4 Å². The number of aromatic nitrogens is 4. The van der Waals surface area contributed by atoms with Crippen LogP contribution in [0.1, 0.15) is 32.1 Å². The number of anilines is 1. The van der Waals surface area contributed by atoms with Crippen LogP contribution in [0, 0.1) is 0 Å². The first-order valence-corrected chi connectivity index (χ1v) is 10.7. The summed E-state index contributed by atoms with van der Waals surface area (Å²) in [6, 6.07) is 11.3. The van der Waals surface area contributed by atoms with Crippen molar-refractivity contribution >= 4 is 5.82 Å². The van der Waals surface area contributed by atoms with Crippen LogP contribution in [0.4, 0.5) is 5.82 Å². The third-order valence-electron chi connectivity index (χ3n) is 6.56. The van der Waals surface area contributed by atoms with Crippen LogP contribution in [0.2, 0.25) is 0 Å². The fraction of sp³-hybridized carbons (Fsp3) is 0.435. The molecule has 3 atom stereocenters. The lowest BCUT2D eigenvalue weighted by atomic mass is 9.83. The minimum absolute atomic E-state index is 0.193. The second-order valence-electron chi connectivity index (χ2n) is 8.64. The van der Waals surface area contributed by atoms with Gasteiger partial charge in [0.25, 0.3) is 0 Å². The average Bonchev–Trinajstić information content (AvgIpc) is 3.19. The van der Waals surface area contributed by atoms with Crippen molar-refractivity contribution in [2.24, 2.45) is 7.05 Å². The van der Waals surface area contributed by atoms with Crippen LogP contribution in [-0.2, 0) is 7.05 Å². The van der Waals surface area contributed by atoms with E-state index in [1.807, 2.05) is 37.5 Å². The smallest absolute Gasteiger partial charge is 0.151 e. The number of nitrogens with one attached hydrogen (secondary N) is 1. The van der Waals surface area contributed by atoms with Crippen LogP contribution in [0.15, 0.2) is 42.7 Å². The zero-order valence-corrected chi connectivity index (χ0v) is 17.5. The Labute approximate surface area is 176 Å². The molecule has 0 saturated carbocycles.